The maximum atomic E-state index is 12.5. The maximum absolute atomic E-state index is 12.5. The van der Waals surface area contributed by atoms with Crippen molar-refractivity contribution < 1.29 is 23.7 Å². The van der Waals surface area contributed by atoms with Crippen molar-refractivity contribution in [2.24, 2.45) is 5.10 Å². The molecule has 0 N–H and O–H groups in total. The molecule has 0 atom stereocenters. The highest BCUT2D eigenvalue weighted by Gasteiger charge is 2.40. The van der Waals surface area contributed by atoms with Crippen molar-refractivity contribution >= 4 is 18.5 Å². The molecule has 6 heterocycles. The lowest BCUT2D eigenvalue weighted by atomic mass is 9.84. The van der Waals surface area contributed by atoms with Gasteiger partial charge in [-0.05, 0) is 38.8 Å². The van der Waals surface area contributed by atoms with E-state index in [0.29, 0.717) is 52.0 Å². The number of piperidine rings is 1. The summed E-state index contributed by atoms with van der Waals surface area (Å²) in [4.78, 5) is 24.0. The van der Waals surface area contributed by atoms with E-state index in [-0.39, 0.29) is 17.8 Å². The number of hydrogen-bond acceptors (Lipinski definition) is 9. The topological polar surface area (TPSA) is 93.9 Å². The molecule has 11 nitrogen and oxygen atoms in total. The van der Waals surface area contributed by atoms with Crippen molar-refractivity contribution in [3.63, 3.8) is 0 Å². The van der Waals surface area contributed by atoms with Gasteiger partial charge in [-0.15, -0.1) is 0 Å². The van der Waals surface area contributed by atoms with Crippen LogP contribution in [0.15, 0.2) is 41.8 Å². The normalized spacial score (nSPS) is 22.0. The van der Waals surface area contributed by atoms with Crippen molar-refractivity contribution in [1.29, 1.82) is 0 Å². The lowest BCUT2D eigenvalue weighted by Crippen LogP contribution is -2.54. The number of ether oxygens (including phenoxy) is 4. The van der Waals surface area contributed by atoms with Crippen molar-refractivity contribution in [3.05, 3.63) is 47.9 Å². The van der Waals surface area contributed by atoms with Crippen molar-refractivity contribution in [2.75, 3.05) is 72.3 Å². The number of aromatic nitrogens is 2. The Morgan fingerprint density at radius 3 is 2.36 bits per heavy atom. The van der Waals surface area contributed by atoms with E-state index in [2.05, 4.69) is 52.8 Å². The molecule has 6 rings (SSSR count). The molecule has 0 bridgehead atoms. The van der Waals surface area contributed by atoms with E-state index in [1.807, 2.05) is 19.3 Å². The molecule has 0 spiro atoms. The third kappa shape index (κ3) is 5.70. The smallest absolute Gasteiger partial charge is 0.410 e. The summed E-state index contributed by atoms with van der Waals surface area (Å²) in [5, 5.41) is 4.27. The van der Waals surface area contributed by atoms with Crippen LogP contribution in [0.5, 0.6) is 0 Å². The summed E-state index contributed by atoms with van der Waals surface area (Å²) in [6.45, 7) is 15.8. The van der Waals surface area contributed by atoms with Crippen LogP contribution >= 0.6 is 0 Å². The van der Waals surface area contributed by atoms with Gasteiger partial charge in [-0.2, -0.15) is 5.10 Å². The maximum Gasteiger partial charge on any atom is 0.410 e. The molecule has 11 heteroatoms. The highest BCUT2D eigenvalue weighted by molar-refractivity contribution is 5.71. The van der Waals surface area contributed by atoms with Gasteiger partial charge < -0.3 is 28.7 Å². The zero-order valence-corrected chi connectivity index (χ0v) is 24.7. The minimum atomic E-state index is -0.306. The molecule has 0 aliphatic carbocycles. The summed E-state index contributed by atoms with van der Waals surface area (Å²) in [6.07, 6.45) is 7.56. The van der Waals surface area contributed by atoms with Gasteiger partial charge in [0.25, 0.3) is 0 Å². The summed E-state index contributed by atoms with van der Waals surface area (Å²) < 4.78 is 24.2. The summed E-state index contributed by atoms with van der Waals surface area (Å²) in [5.74, 6) is 0. The Morgan fingerprint density at radius 1 is 1.10 bits per heavy atom. The Balaban J connectivity index is 1.14. The molecule has 42 heavy (non-hydrogen) atoms. The van der Waals surface area contributed by atoms with Gasteiger partial charge in [-0.3, -0.25) is 9.88 Å². The number of allylic oxidation sites excluding steroid dienone is 1. The van der Waals surface area contributed by atoms with E-state index < -0.39 is 0 Å². The number of amides is 1. The SMILES string of the molecule is C=Nn1cc(-c2ccc(C3(OCC)CCN(C4COC4)CC3)cn2)cc1/C(=C\C)N1CCN(C(=O)OC2COC2)CC1. The van der Waals surface area contributed by atoms with Gasteiger partial charge in [-0.25, -0.2) is 9.47 Å². The average Bonchev–Trinajstić information content (AvgIpc) is 3.40. The molecule has 0 unspecified atom stereocenters. The van der Waals surface area contributed by atoms with Gasteiger partial charge in [0.15, 0.2) is 6.10 Å². The standard InChI is InChI=1S/C31H42N6O5/c1-4-28(35-12-14-36(15-13-35)30(38)42-26-21-40-22-26)29-16-23(18-37(29)32-3)27-7-6-24(17-33-27)31(41-5-2)8-10-34(11-9-31)25-19-39-20-25/h4,6-7,16-18,25-26H,3,5,8-15,19-22H2,1-2H3/b28-4+. The molecule has 4 saturated heterocycles. The highest BCUT2D eigenvalue weighted by Crippen LogP contribution is 2.38. The lowest BCUT2D eigenvalue weighted by Gasteiger charge is -2.46. The summed E-state index contributed by atoms with van der Waals surface area (Å²) >= 11 is 0. The van der Waals surface area contributed by atoms with Crippen LogP contribution in [-0.2, 0) is 24.5 Å². The Bertz CT molecular complexity index is 1270. The van der Waals surface area contributed by atoms with Crippen molar-refractivity contribution in [2.45, 2.75) is 44.4 Å². The van der Waals surface area contributed by atoms with Gasteiger partial charge in [0, 0.05) is 76.1 Å². The van der Waals surface area contributed by atoms with Gasteiger partial charge in [0.2, 0.25) is 0 Å². The fraction of sp³-hybridized carbons (Fsp3) is 0.581. The van der Waals surface area contributed by atoms with Crippen LogP contribution in [0.2, 0.25) is 0 Å². The molecule has 2 aromatic heterocycles. The number of pyridine rings is 1. The number of likely N-dealkylation sites (tertiary alicyclic amines) is 1. The summed E-state index contributed by atoms with van der Waals surface area (Å²) in [7, 11) is 0. The number of rotatable bonds is 9. The quantitative estimate of drug-likeness (QED) is 0.419. The van der Waals surface area contributed by atoms with Crippen LogP contribution in [0, 0.1) is 0 Å². The Hall–Kier alpha value is -3.25. The minimum absolute atomic E-state index is 0.116. The third-order valence-electron chi connectivity index (χ3n) is 8.99. The molecule has 0 aromatic carbocycles. The van der Waals surface area contributed by atoms with E-state index >= 15 is 0 Å². The number of nitrogens with zero attached hydrogens (tertiary/aromatic N) is 6. The van der Waals surface area contributed by atoms with Gasteiger partial charge in [0.05, 0.1) is 55.2 Å². The second kappa shape index (κ2) is 12.5. The minimum Gasteiger partial charge on any atom is -0.441 e. The van der Waals surface area contributed by atoms with E-state index in [1.165, 1.54) is 0 Å². The second-order valence-electron chi connectivity index (χ2n) is 11.4. The molecule has 4 fully saturated rings. The molecular formula is C31H42N6O5. The first-order chi connectivity index (χ1) is 20.5. The monoisotopic (exact) mass is 578 g/mol. The molecule has 226 valence electrons. The predicted octanol–water partition coefficient (Wildman–Crippen LogP) is 3.25. The largest absolute Gasteiger partial charge is 0.441 e. The molecule has 2 aromatic rings. The molecule has 0 radical (unpaired) electrons. The second-order valence-corrected chi connectivity index (χ2v) is 11.4. The van der Waals surface area contributed by atoms with E-state index in [1.54, 1.807) is 9.58 Å². The fourth-order valence-corrected chi connectivity index (χ4v) is 6.33. The van der Waals surface area contributed by atoms with Crippen LogP contribution in [0.25, 0.3) is 17.0 Å². The Morgan fingerprint density at radius 2 is 1.81 bits per heavy atom. The van der Waals surface area contributed by atoms with Gasteiger partial charge in [-0.1, -0.05) is 12.1 Å². The van der Waals surface area contributed by atoms with Crippen LogP contribution in [-0.4, -0.2) is 122 Å². The van der Waals surface area contributed by atoms with E-state index in [9.17, 15) is 4.79 Å². The third-order valence-corrected chi connectivity index (χ3v) is 8.99. The Labute approximate surface area is 247 Å². The number of carbonyl (C=O) groups is 1. The summed E-state index contributed by atoms with van der Waals surface area (Å²) in [5.41, 5.74) is 4.66. The van der Waals surface area contributed by atoms with E-state index in [0.717, 1.165) is 67.4 Å². The van der Waals surface area contributed by atoms with Gasteiger partial charge in [0.1, 0.15) is 0 Å². The highest BCUT2D eigenvalue weighted by atomic mass is 16.6. The Kier molecular flexibility index (Phi) is 8.62. The van der Waals surface area contributed by atoms with Gasteiger partial charge >= 0.3 is 6.09 Å². The summed E-state index contributed by atoms with van der Waals surface area (Å²) in [6, 6.07) is 6.92. The molecular weight excluding hydrogens is 536 g/mol. The molecule has 1 amide bonds. The van der Waals surface area contributed by atoms with E-state index in [4.69, 9.17) is 23.9 Å². The molecule has 4 aliphatic rings. The molecule has 0 saturated carbocycles. The van der Waals surface area contributed by atoms with Crippen molar-refractivity contribution in [3.8, 4) is 11.3 Å². The fourth-order valence-electron chi connectivity index (χ4n) is 6.33. The zero-order valence-electron chi connectivity index (χ0n) is 24.7. The first kappa shape index (κ1) is 28.9. The first-order valence-electron chi connectivity index (χ1n) is 15.1. The lowest BCUT2D eigenvalue weighted by molar-refractivity contribution is -0.122. The van der Waals surface area contributed by atoms with Crippen molar-refractivity contribution in [1.82, 2.24) is 24.4 Å². The first-order valence-corrected chi connectivity index (χ1v) is 15.1. The predicted molar refractivity (Wildman–Crippen MR) is 159 cm³/mol. The van der Waals surface area contributed by atoms with Crippen LogP contribution in [0.1, 0.15) is 37.9 Å². The van der Waals surface area contributed by atoms with Crippen LogP contribution < -0.4 is 0 Å². The van der Waals surface area contributed by atoms with Crippen LogP contribution in [0.3, 0.4) is 0 Å². The van der Waals surface area contributed by atoms with Crippen LogP contribution in [0.4, 0.5) is 4.79 Å². The number of carbonyl (C=O) groups excluding carboxylic acids is 1. The molecule has 4 aliphatic heterocycles. The zero-order chi connectivity index (χ0) is 29.1. The average molecular weight is 579 g/mol. The number of piperazine rings is 1. The number of hydrogen-bond donors (Lipinski definition) is 0.